The minimum atomic E-state index is -4.40. The summed E-state index contributed by atoms with van der Waals surface area (Å²) in [4.78, 5) is 15.3. The van der Waals surface area contributed by atoms with E-state index in [0.717, 1.165) is 24.4 Å². The van der Waals surface area contributed by atoms with Crippen molar-refractivity contribution < 1.29 is 18.0 Å². The summed E-state index contributed by atoms with van der Waals surface area (Å²) in [6.45, 7) is 1.98. The molecule has 0 amide bonds. The Kier molecular flexibility index (Phi) is 4.20. The molecule has 0 aromatic carbocycles. The van der Waals surface area contributed by atoms with Crippen molar-refractivity contribution in [1.29, 1.82) is 0 Å². The van der Waals surface area contributed by atoms with E-state index in [4.69, 9.17) is 0 Å². The van der Waals surface area contributed by atoms with Crippen LogP contribution in [-0.4, -0.2) is 17.8 Å². The van der Waals surface area contributed by atoms with Crippen molar-refractivity contribution in [2.75, 3.05) is 12.1 Å². The van der Waals surface area contributed by atoms with Crippen LogP contribution in [0.4, 0.5) is 19.0 Å². The normalized spacial score (nSPS) is 19.2. The summed E-state index contributed by atoms with van der Waals surface area (Å²) in [5.41, 5.74) is 2.93. The highest BCUT2D eigenvalue weighted by molar-refractivity contribution is 5.91. The summed E-state index contributed by atoms with van der Waals surface area (Å²) in [6.07, 6.45) is -0.841. The van der Waals surface area contributed by atoms with Crippen LogP contribution in [0.3, 0.4) is 0 Å². The number of nitrogens with one attached hydrogen (secondary N) is 1. The van der Waals surface area contributed by atoms with Crippen molar-refractivity contribution in [3.8, 4) is 0 Å². The summed E-state index contributed by atoms with van der Waals surface area (Å²) in [7, 11) is 1.64. The number of ketones is 1. The molecule has 0 radical (unpaired) electrons. The average molecular weight is 299 g/mol. The molecule has 0 fully saturated rings. The molecule has 7 heteroatoms. The molecule has 1 unspecified atom stereocenters. The number of carbonyl (C=O) groups excluding carboxylic acids is 1. The predicted molar refractivity (Wildman–Crippen MR) is 72.3 cm³/mol. The minimum absolute atomic E-state index is 0.0463. The molecule has 114 valence electrons. The van der Waals surface area contributed by atoms with Gasteiger partial charge in [0.2, 0.25) is 0 Å². The third-order valence-electron chi connectivity index (χ3n) is 3.18. The highest BCUT2D eigenvalue weighted by Crippen LogP contribution is 2.29. The highest BCUT2D eigenvalue weighted by atomic mass is 19.4. The summed E-state index contributed by atoms with van der Waals surface area (Å²) < 4.78 is 37.4. The number of aromatic nitrogens is 1. The van der Waals surface area contributed by atoms with Gasteiger partial charge in [-0.3, -0.25) is 9.80 Å². The van der Waals surface area contributed by atoms with E-state index in [1.54, 1.807) is 7.05 Å². The van der Waals surface area contributed by atoms with Crippen molar-refractivity contribution in [2.24, 2.45) is 5.92 Å². The third-order valence-corrected chi connectivity index (χ3v) is 3.18. The van der Waals surface area contributed by atoms with Crippen molar-refractivity contribution in [2.45, 2.75) is 25.9 Å². The number of rotatable bonds is 3. The molecule has 1 aliphatic carbocycles. The van der Waals surface area contributed by atoms with Crippen LogP contribution < -0.4 is 10.4 Å². The van der Waals surface area contributed by atoms with Crippen LogP contribution in [0.2, 0.25) is 0 Å². The second kappa shape index (κ2) is 5.75. The van der Waals surface area contributed by atoms with E-state index in [0.29, 0.717) is 12.2 Å². The first-order valence-corrected chi connectivity index (χ1v) is 6.52. The van der Waals surface area contributed by atoms with E-state index in [2.05, 4.69) is 10.4 Å². The first-order valence-electron chi connectivity index (χ1n) is 6.52. The monoisotopic (exact) mass is 299 g/mol. The first kappa shape index (κ1) is 15.3. The van der Waals surface area contributed by atoms with Crippen molar-refractivity contribution in [1.82, 2.24) is 10.4 Å². The SMILES string of the molecule is CC1CC(=O)C=C(NN(C)c2ccc(C(F)(F)F)cn2)C1. The second-order valence-corrected chi connectivity index (χ2v) is 5.22. The van der Waals surface area contributed by atoms with Crippen LogP contribution in [0, 0.1) is 5.92 Å². The maximum absolute atomic E-state index is 12.5. The fraction of sp³-hybridized carbons (Fsp3) is 0.429. The molecule has 0 bridgehead atoms. The van der Waals surface area contributed by atoms with Gasteiger partial charge in [0.15, 0.2) is 5.78 Å². The molecule has 1 N–H and O–H groups in total. The van der Waals surface area contributed by atoms with Crippen LogP contribution >= 0.6 is 0 Å². The van der Waals surface area contributed by atoms with Gasteiger partial charge in [-0.25, -0.2) is 4.98 Å². The van der Waals surface area contributed by atoms with Gasteiger partial charge in [-0.05, 0) is 24.5 Å². The molecule has 0 spiro atoms. The van der Waals surface area contributed by atoms with Gasteiger partial charge in [-0.15, -0.1) is 0 Å². The van der Waals surface area contributed by atoms with Crippen molar-refractivity contribution in [3.05, 3.63) is 35.7 Å². The number of allylic oxidation sites excluding steroid dienone is 2. The largest absolute Gasteiger partial charge is 0.417 e. The number of hydrogen-bond acceptors (Lipinski definition) is 4. The number of alkyl halides is 3. The molecular formula is C14H16F3N3O. The van der Waals surface area contributed by atoms with Gasteiger partial charge in [-0.1, -0.05) is 6.92 Å². The van der Waals surface area contributed by atoms with Crippen LogP contribution in [0.1, 0.15) is 25.3 Å². The number of hydrazine groups is 1. The fourth-order valence-corrected chi connectivity index (χ4v) is 2.21. The lowest BCUT2D eigenvalue weighted by Crippen LogP contribution is -2.36. The van der Waals surface area contributed by atoms with E-state index in [-0.39, 0.29) is 11.7 Å². The summed E-state index contributed by atoms with van der Waals surface area (Å²) in [5.74, 6) is 0.638. The summed E-state index contributed by atoms with van der Waals surface area (Å²) in [5, 5.41) is 1.50. The van der Waals surface area contributed by atoms with Gasteiger partial charge < -0.3 is 5.43 Å². The fourth-order valence-electron chi connectivity index (χ4n) is 2.21. The Bertz CT molecular complexity index is 552. The molecule has 0 aliphatic heterocycles. The number of anilines is 1. The number of halogens is 3. The van der Waals surface area contributed by atoms with E-state index >= 15 is 0 Å². The van der Waals surface area contributed by atoms with E-state index in [1.165, 1.54) is 17.2 Å². The Balaban J connectivity index is 2.07. The van der Waals surface area contributed by atoms with E-state index < -0.39 is 11.7 Å². The first-order chi connectivity index (χ1) is 9.75. The molecule has 0 saturated heterocycles. The Labute approximate surface area is 120 Å². The smallest absolute Gasteiger partial charge is 0.301 e. The van der Waals surface area contributed by atoms with Gasteiger partial charge in [0.1, 0.15) is 5.82 Å². The number of hydrogen-bond donors (Lipinski definition) is 1. The topological polar surface area (TPSA) is 45.2 Å². The molecule has 1 aromatic rings. The average Bonchev–Trinajstić information content (AvgIpc) is 2.36. The quantitative estimate of drug-likeness (QED) is 0.872. The molecule has 2 rings (SSSR count). The second-order valence-electron chi connectivity index (χ2n) is 5.22. The third kappa shape index (κ3) is 3.96. The van der Waals surface area contributed by atoms with Gasteiger partial charge in [0.05, 0.1) is 5.56 Å². The van der Waals surface area contributed by atoms with Crippen LogP contribution in [-0.2, 0) is 11.0 Å². The summed E-state index contributed by atoms with van der Waals surface area (Å²) >= 11 is 0. The van der Waals surface area contributed by atoms with Gasteiger partial charge >= 0.3 is 6.18 Å². The maximum Gasteiger partial charge on any atom is 0.417 e. The van der Waals surface area contributed by atoms with Gasteiger partial charge in [-0.2, -0.15) is 13.2 Å². The van der Waals surface area contributed by atoms with Crippen molar-refractivity contribution >= 4 is 11.6 Å². The summed E-state index contributed by atoms with van der Waals surface area (Å²) in [6, 6.07) is 2.26. The van der Waals surface area contributed by atoms with Crippen molar-refractivity contribution in [3.63, 3.8) is 0 Å². The van der Waals surface area contributed by atoms with Gasteiger partial charge in [0.25, 0.3) is 0 Å². The van der Waals surface area contributed by atoms with E-state index in [9.17, 15) is 18.0 Å². The molecule has 1 aliphatic rings. The lowest BCUT2D eigenvalue weighted by molar-refractivity contribution is -0.137. The predicted octanol–water partition coefficient (Wildman–Crippen LogP) is 2.92. The maximum atomic E-state index is 12.5. The molecular weight excluding hydrogens is 283 g/mol. The zero-order chi connectivity index (χ0) is 15.6. The van der Waals surface area contributed by atoms with E-state index in [1.807, 2.05) is 6.92 Å². The number of pyridine rings is 1. The Morgan fingerprint density at radius 2 is 2.05 bits per heavy atom. The zero-order valence-electron chi connectivity index (χ0n) is 11.7. The van der Waals surface area contributed by atoms with Crippen LogP contribution in [0.15, 0.2) is 30.1 Å². The standard InChI is InChI=1S/C14H16F3N3O/c1-9-5-11(7-12(21)6-9)19-20(2)13-4-3-10(8-18-13)14(15,16)17/h3-4,7-9,19H,5-6H2,1-2H3. The highest BCUT2D eigenvalue weighted by Gasteiger charge is 2.30. The molecule has 1 aromatic heterocycles. The van der Waals surface area contributed by atoms with Gasteiger partial charge in [0, 0.05) is 31.4 Å². The zero-order valence-corrected chi connectivity index (χ0v) is 11.7. The Hall–Kier alpha value is -2.05. The van der Waals surface area contributed by atoms with Crippen LogP contribution in [0.25, 0.3) is 0 Å². The lowest BCUT2D eigenvalue weighted by atomic mass is 9.93. The molecule has 0 saturated carbocycles. The Morgan fingerprint density at radius 3 is 2.57 bits per heavy atom. The molecule has 4 nitrogen and oxygen atoms in total. The molecule has 21 heavy (non-hydrogen) atoms. The minimum Gasteiger partial charge on any atom is -0.301 e. The van der Waals surface area contributed by atoms with Crippen LogP contribution in [0.5, 0.6) is 0 Å². The molecule has 1 atom stereocenters. The molecule has 1 heterocycles. The lowest BCUT2D eigenvalue weighted by Gasteiger charge is -2.26. The number of nitrogens with zero attached hydrogens (tertiary/aromatic N) is 2. The Morgan fingerprint density at radius 1 is 1.33 bits per heavy atom. The number of carbonyl (C=O) groups is 1.